The Morgan fingerprint density at radius 3 is 2.52 bits per heavy atom. The number of benzene rings is 2. The second-order valence-electron chi connectivity index (χ2n) is 5.23. The van der Waals surface area contributed by atoms with E-state index in [1.807, 2.05) is 0 Å². The molecule has 2 N–H and O–H groups in total. The molecule has 0 atom stereocenters. The van der Waals surface area contributed by atoms with Gasteiger partial charge in [0, 0.05) is 35.0 Å². The summed E-state index contributed by atoms with van der Waals surface area (Å²) in [5.41, 5.74) is 0.267. The highest BCUT2D eigenvalue weighted by Crippen LogP contribution is 2.20. The summed E-state index contributed by atoms with van der Waals surface area (Å²) in [6, 6.07) is 10.8. The molecule has 0 spiro atoms. The molecule has 2 aromatic carbocycles. The van der Waals surface area contributed by atoms with E-state index in [-0.39, 0.29) is 21.3 Å². The molecule has 27 heavy (non-hydrogen) atoms. The molecule has 1 amide bonds. The fourth-order valence-corrected chi connectivity index (χ4v) is 3.92. The number of sulfonamides is 1. The normalized spacial score (nSPS) is 11.0. The molecule has 1 aromatic heterocycles. The molecule has 0 fully saturated rings. The fourth-order valence-electron chi connectivity index (χ4n) is 2.13. The summed E-state index contributed by atoms with van der Waals surface area (Å²) in [5.74, 6) is -0.546. The first kappa shape index (κ1) is 18.5. The number of hydrogen-bond acceptors (Lipinski definition) is 7. The van der Waals surface area contributed by atoms with Crippen LogP contribution in [0.1, 0.15) is 10.4 Å². The molecule has 138 valence electrons. The third kappa shape index (κ3) is 4.46. The van der Waals surface area contributed by atoms with Crippen LogP contribution in [0, 0.1) is 10.1 Å². The van der Waals surface area contributed by atoms with Crippen molar-refractivity contribution in [2.75, 3.05) is 10.0 Å². The second kappa shape index (κ2) is 7.51. The summed E-state index contributed by atoms with van der Waals surface area (Å²) in [7, 11) is -3.79. The van der Waals surface area contributed by atoms with Crippen molar-refractivity contribution in [3.05, 3.63) is 75.8 Å². The first-order chi connectivity index (χ1) is 12.8. The molecule has 0 saturated heterocycles. The van der Waals surface area contributed by atoms with Crippen molar-refractivity contribution in [2.45, 2.75) is 4.90 Å². The van der Waals surface area contributed by atoms with Crippen molar-refractivity contribution in [3.8, 4) is 0 Å². The zero-order valence-corrected chi connectivity index (χ0v) is 15.2. The van der Waals surface area contributed by atoms with E-state index in [9.17, 15) is 23.3 Å². The van der Waals surface area contributed by atoms with Crippen LogP contribution < -0.4 is 10.0 Å². The summed E-state index contributed by atoms with van der Waals surface area (Å²) >= 11 is 1.15. The second-order valence-corrected chi connectivity index (χ2v) is 7.81. The largest absolute Gasteiger partial charge is 0.322 e. The molecule has 0 aliphatic carbocycles. The van der Waals surface area contributed by atoms with Crippen LogP contribution in [0.5, 0.6) is 0 Å². The average molecular weight is 404 g/mol. The molecule has 11 heteroatoms. The monoisotopic (exact) mass is 404 g/mol. The Hall–Kier alpha value is -3.31. The lowest BCUT2D eigenvalue weighted by atomic mass is 10.2. The van der Waals surface area contributed by atoms with Gasteiger partial charge in [0.1, 0.15) is 0 Å². The SMILES string of the molecule is O=C(Nc1ccc(S(=O)(=O)Nc2nccs2)cc1)c1cccc([N+](=O)[O-])c1. The highest BCUT2D eigenvalue weighted by molar-refractivity contribution is 7.93. The van der Waals surface area contributed by atoms with E-state index in [0.29, 0.717) is 5.69 Å². The van der Waals surface area contributed by atoms with Crippen LogP contribution in [0.3, 0.4) is 0 Å². The molecule has 0 unspecified atom stereocenters. The van der Waals surface area contributed by atoms with Gasteiger partial charge in [-0.3, -0.25) is 19.6 Å². The van der Waals surface area contributed by atoms with Gasteiger partial charge in [-0.15, -0.1) is 11.3 Å². The summed E-state index contributed by atoms with van der Waals surface area (Å²) in [6.45, 7) is 0. The van der Waals surface area contributed by atoms with Crippen molar-refractivity contribution in [1.29, 1.82) is 0 Å². The molecule has 3 aromatic rings. The van der Waals surface area contributed by atoms with Crippen LogP contribution in [0.2, 0.25) is 0 Å². The van der Waals surface area contributed by atoms with Gasteiger partial charge in [-0.05, 0) is 30.3 Å². The van der Waals surface area contributed by atoms with E-state index in [2.05, 4.69) is 15.0 Å². The Balaban J connectivity index is 1.73. The maximum atomic E-state index is 12.3. The number of rotatable bonds is 6. The van der Waals surface area contributed by atoms with Gasteiger partial charge in [0.05, 0.1) is 9.82 Å². The summed E-state index contributed by atoms with van der Waals surface area (Å²) < 4.78 is 26.9. The van der Waals surface area contributed by atoms with Gasteiger partial charge in [0.25, 0.3) is 21.6 Å². The highest BCUT2D eigenvalue weighted by atomic mass is 32.2. The standard InChI is InChI=1S/C16H12N4O5S2/c21-15(11-2-1-3-13(10-11)20(22)23)18-12-4-6-14(7-5-12)27(24,25)19-16-17-8-9-26-16/h1-10H,(H,17,19)(H,18,21). The van der Waals surface area contributed by atoms with Crippen LogP contribution >= 0.6 is 11.3 Å². The third-order valence-electron chi connectivity index (χ3n) is 3.40. The first-order valence-corrected chi connectivity index (χ1v) is 9.79. The van der Waals surface area contributed by atoms with Gasteiger partial charge in [0.15, 0.2) is 5.13 Å². The van der Waals surface area contributed by atoms with E-state index in [0.717, 1.165) is 17.4 Å². The van der Waals surface area contributed by atoms with Gasteiger partial charge in [-0.1, -0.05) is 6.07 Å². The summed E-state index contributed by atoms with van der Waals surface area (Å²) in [4.78, 5) is 26.3. The van der Waals surface area contributed by atoms with Gasteiger partial charge < -0.3 is 5.32 Å². The predicted octanol–water partition coefficient (Wildman–Crippen LogP) is 3.10. The van der Waals surface area contributed by atoms with Crippen molar-refractivity contribution >= 4 is 43.8 Å². The molecule has 9 nitrogen and oxygen atoms in total. The number of thiazole rings is 1. The number of carbonyl (C=O) groups excluding carboxylic acids is 1. The number of nitro groups is 1. The Morgan fingerprint density at radius 2 is 1.89 bits per heavy atom. The maximum Gasteiger partial charge on any atom is 0.270 e. The van der Waals surface area contributed by atoms with E-state index in [1.165, 1.54) is 48.7 Å². The van der Waals surface area contributed by atoms with Crippen molar-refractivity contribution in [1.82, 2.24) is 4.98 Å². The van der Waals surface area contributed by atoms with Crippen LogP contribution in [0.25, 0.3) is 0 Å². The van der Waals surface area contributed by atoms with Gasteiger partial charge in [-0.25, -0.2) is 13.4 Å². The molecule has 0 aliphatic rings. The topological polar surface area (TPSA) is 131 Å². The number of hydrogen-bond donors (Lipinski definition) is 2. The van der Waals surface area contributed by atoms with Crippen molar-refractivity contribution in [3.63, 3.8) is 0 Å². The lowest BCUT2D eigenvalue weighted by molar-refractivity contribution is -0.384. The van der Waals surface area contributed by atoms with E-state index in [4.69, 9.17) is 0 Å². The maximum absolute atomic E-state index is 12.3. The Kier molecular flexibility index (Phi) is 5.14. The minimum absolute atomic E-state index is 0.00560. The zero-order valence-electron chi connectivity index (χ0n) is 13.5. The number of nitro benzene ring substituents is 1. The Labute approximate surface area is 157 Å². The number of aromatic nitrogens is 1. The fraction of sp³-hybridized carbons (Fsp3) is 0. The number of anilines is 2. The van der Waals surface area contributed by atoms with Crippen LogP contribution in [-0.2, 0) is 10.0 Å². The van der Waals surface area contributed by atoms with Crippen molar-refractivity contribution in [2.24, 2.45) is 0 Å². The number of amides is 1. The molecule has 0 radical (unpaired) electrons. The molecule has 0 saturated carbocycles. The first-order valence-electron chi connectivity index (χ1n) is 7.43. The average Bonchev–Trinajstić information content (AvgIpc) is 3.14. The lowest BCUT2D eigenvalue weighted by Crippen LogP contribution is -2.14. The van der Waals surface area contributed by atoms with Crippen LogP contribution in [0.15, 0.2) is 65.0 Å². The summed E-state index contributed by atoms with van der Waals surface area (Å²) in [5, 5.41) is 15.2. The zero-order chi connectivity index (χ0) is 19.4. The summed E-state index contributed by atoms with van der Waals surface area (Å²) in [6.07, 6.45) is 1.48. The molecular formula is C16H12N4O5S2. The third-order valence-corrected chi connectivity index (χ3v) is 5.57. The highest BCUT2D eigenvalue weighted by Gasteiger charge is 2.16. The number of nitrogens with one attached hydrogen (secondary N) is 2. The molecule has 1 heterocycles. The van der Waals surface area contributed by atoms with Crippen LogP contribution in [-0.4, -0.2) is 24.2 Å². The lowest BCUT2D eigenvalue weighted by Gasteiger charge is -2.08. The van der Waals surface area contributed by atoms with E-state index in [1.54, 1.807) is 5.38 Å². The van der Waals surface area contributed by atoms with E-state index >= 15 is 0 Å². The quantitative estimate of drug-likeness (QED) is 0.479. The molecule has 0 bridgehead atoms. The Bertz CT molecular complexity index is 1080. The molecule has 3 rings (SSSR count). The van der Waals surface area contributed by atoms with Gasteiger partial charge in [-0.2, -0.15) is 0 Å². The minimum Gasteiger partial charge on any atom is -0.322 e. The minimum atomic E-state index is -3.79. The number of nitrogens with zero attached hydrogens (tertiary/aromatic N) is 2. The Morgan fingerprint density at radius 1 is 1.15 bits per heavy atom. The predicted molar refractivity (Wildman–Crippen MR) is 100 cm³/mol. The smallest absolute Gasteiger partial charge is 0.270 e. The van der Waals surface area contributed by atoms with Gasteiger partial charge in [0.2, 0.25) is 0 Å². The molecule has 0 aliphatic heterocycles. The molecular weight excluding hydrogens is 392 g/mol. The number of non-ortho nitro benzene ring substituents is 1. The number of carbonyl (C=O) groups is 1. The van der Waals surface area contributed by atoms with Gasteiger partial charge >= 0.3 is 0 Å². The van der Waals surface area contributed by atoms with E-state index < -0.39 is 20.9 Å². The van der Waals surface area contributed by atoms with Crippen LogP contribution in [0.4, 0.5) is 16.5 Å². The van der Waals surface area contributed by atoms with Crippen molar-refractivity contribution < 1.29 is 18.1 Å².